The molecular weight excluding hydrogens is 771 g/mol. The van der Waals surface area contributed by atoms with Gasteiger partial charge in [0.15, 0.2) is 0 Å². The fourth-order valence-electron chi connectivity index (χ4n) is 11.9. The van der Waals surface area contributed by atoms with Crippen LogP contribution in [0.1, 0.15) is 162 Å². The first-order chi connectivity index (χ1) is 29.9. The van der Waals surface area contributed by atoms with Gasteiger partial charge in [0.25, 0.3) is 6.71 Å². The number of benzene rings is 6. The number of hydrogen-bond acceptors (Lipinski definition) is 2. The molecule has 6 aromatic carbocycles. The number of nitrogens with zero attached hydrogens (tertiary/aromatic N) is 2. The van der Waals surface area contributed by atoms with Crippen molar-refractivity contribution in [1.82, 2.24) is 0 Å². The Bertz CT molecular complexity index is 2880. The van der Waals surface area contributed by atoms with Gasteiger partial charge in [-0.3, -0.25) is 0 Å². The molecule has 2 aliphatic carbocycles. The highest BCUT2D eigenvalue weighted by Gasteiger charge is 2.48. The van der Waals surface area contributed by atoms with Crippen LogP contribution in [0.3, 0.4) is 0 Å². The summed E-state index contributed by atoms with van der Waals surface area (Å²) in [5, 5.41) is 0. The lowest BCUT2D eigenvalue weighted by Gasteiger charge is -2.48. The maximum Gasteiger partial charge on any atom is 0.252 e. The largest absolute Gasteiger partial charge is 0.311 e. The Morgan fingerprint density at radius 2 is 0.953 bits per heavy atom. The highest BCUT2D eigenvalue weighted by atomic mass is 15.2. The third-order valence-corrected chi connectivity index (χ3v) is 16.4. The van der Waals surface area contributed by atoms with Crippen LogP contribution in [-0.4, -0.2) is 6.71 Å². The topological polar surface area (TPSA) is 6.48 Å². The van der Waals surface area contributed by atoms with E-state index in [2.05, 4.69) is 223 Å². The van der Waals surface area contributed by atoms with E-state index in [4.69, 9.17) is 0 Å². The van der Waals surface area contributed by atoms with Crippen LogP contribution in [0.4, 0.5) is 34.1 Å². The summed E-state index contributed by atoms with van der Waals surface area (Å²) in [4.78, 5) is 5.36. The van der Waals surface area contributed by atoms with Gasteiger partial charge >= 0.3 is 0 Å². The van der Waals surface area contributed by atoms with E-state index in [-0.39, 0.29) is 39.2 Å². The summed E-state index contributed by atoms with van der Waals surface area (Å²) in [6.07, 6.45) is 4.75. The van der Waals surface area contributed by atoms with Crippen molar-refractivity contribution in [2.24, 2.45) is 0 Å². The monoisotopic (exact) mass is 843 g/mol. The number of hydrogen-bond donors (Lipinski definition) is 0. The second-order valence-corrected chi connectivity index (χ2v) is 24.9. The van der Waals surface area contributed by atoms with Crippen LogP contribution < -0.4 is 26.2 Å². The molecule has 0 atom stereocenters. The third kappa shape index (κ3) is 6.64. The second kappa shape index (κ2) is 14.0. The van der Waals surface area contributed by atoms with Crippen molar-refractivity contribution in [3.63, 3.8) is 0 Å². The van der Waals surface area contributed by atoms with Crippen LogP contribution in [0.5, 0.6) is 0 Å². The zero-order valence-electron chi connectivity index (χ0n) is 41.7. The molecular formula is C61H71BN2. The highest BCUT2D eigenvalue weighted by Crippen LogP contribution is 2.53. The third-order valence-electron chi connectivity index (χ3n) is 16.4. The fourth-order valence-corrected chi connectivity index (χ4v) is 11.9. The molecule has 0 unspecified atom stereocenters. The van der Waals surface area contributed by atoms with E-state index >= 15 is 0 Å². The van der Waals surface area contributed by atoms with Crippen molar-refractivity contribution in [1.29, 1.82) is 0 Å². The molecule has 0 radical (unpaired) electrons. The molecule has 3 heteroatoms. The van der Waals surface area contributed by atoms with Gasteiger partial charge in [0.2, 0.25) is 0 Å². The molecule has 2 aliphatic heterocycles. The standard InChI is InChI=1S/C61H71BN2/c1-38-31-41(56(2,3)4)22-26-50(38)64-51-25-21-40(39-19-17-16-18-20-39)32-48(51)62-49-36-46-47(61(14,15)30-29-60(46,12)13)37-52(49)63(53-33-42(57(5,6)7)34-54(64)55(53)62)43-23-24-44-45(35-43)59(10,11)28-27-58(44,8)9/h16-26,31-37H,27-30H2,1-15H3. The molecule has 6 aromatic rings. The normalized spacial score (nSPS) is 18.7. The average molecular weight is 843 g/mol. The predicted molar refractivity (Wildman–Crippen MR) is 279 cm³/mol. The number of anilines is 6. The average Bonchev–Trinajstić information content (AvgIpc) is 3.23. The Labute approximate surface area is 386 Å². The SMILES string of the molecule is Cc1cc(C(C)(C)C)ccc1N1c2ccc(-c3ccccc3)cc2B2c3cc4c(cc3N(c3ccc5c(c3)C(C)(C)CCC5(C)C)c3cc(C(C)(C)C)cc1c32)C(C)(C)CCC4(C)C. The molecule has 0 fully saturated rings. The van der Waals surface area contributed by atoms with E-state index in [1.807, 2.05) is 0 Å². The van der Waals surface area contributed by atoms with Crippen LogP contribution >= 0.6 is 0 Å². The molecule has 0 N–H and O–H groups in total. The van der Waals surface area contributed by atoms with Crippen LogP contribution in [-0.2, 0) is 32.5 Å². The maximum atomic E-state index is 2.72. The minimum Gasteiger partial charge on any atom is -0.311 e. The molecule has 328 valence electrons. The van der Waals surface area contributed by atoms with Gasteiger partial charge in [-0.25, -0.2) is 0 Å². The van der Waals surface area contributed by atoms with Gasteiger partial charge < -0.3 is 9.80 Å². The Morgan fingerprint density at radius 3 is 1.55 bits per heavy atom. The molecule has 0 amide bonds. The molecule has 0 aromatic heterocycles. The van der Waals surface area contributed by atoms with Gasteiger partial charge in [-0.1, -0.05) is 164 Å². The van der Waals surface area contributed by atoms with E-state index in [1.165, 1.54) is 126 Å². The number of aryl methyl sites for hydroxylation is 1. The first-order valence-corrected chi connectivity index (χ1v) is 24.3. The first kappa shape index (κ1) is 42.9. The van der Waals surface area contributed by atoms with Crippen molar-refractivity contribution < 1.29 is 0 Å². The first-order valence-electron chi connectivity index (χ1n) is 24.3. The van der Waals surface area contributed by atoms with Crippen LogP contribution in [0.25, 0.3) is 11.1 Å². The second-order valence-electron chi connectivity index (χ2n) is 24.9. The summed E-state index contributed by atoms with van der Waals surface area (Å²) < 4.78 is 0. The Balaban J connectivity index is 1.36. The zero-order valence-corrected chi connectivity index (χ0v) is 41.7. The van der Waals surface area contributed by atoms with Crippen molar-refractivity contribution in [2.75, 3.05) is 9.80 Å². The number of rotatable bonds is 3. The van der Waals surface area contributed by atoms with E-state index in [9.17, 15) is 0 Å². The van der Waals surface area contributed by atoms with Gasteiger partial charge in [0.05, 0.1) is 0 Å². The lowest BCUT2D eigenvalue weighted by atomic mass is 9.33. The summed E-state index contributed by atoms with van der Waals surface area (Å²) in [7, 11) is 0. The minimum absolute atomic E-state index is 0.0356. The molecule has 0 bridgehead atoms. The smallest absolute Gasteiger partial charge is 0.252 e. The van der Waals surface area contributed by atoms with E-state index in [1.54, 1.807) is 0 Å². The van der Waals surface area contributed by atoms with Crippen molar-refractivity contribution in [3.05, 3.63) is 148 Å². The Kier molecular flexibility index (Phi) is 9.38. The minimum atomic E-state index is -0.0923. The van der Waals surface area contributed by atoms with E-state index in [0.29, 0.717) is 0 Å². The van der Waals surface area contributed by atoms with Gasteiger partial charge in [0.1, 0.15) is 0 Å². The van der Waals surface area contributed by atoms with Crippen molar-refractivity contribution in [2.45, 2.75) is 162 Å². The summed E-state index contributed by atoms with van der Waals surface area (Å²) >= 11 is 0. The molecule has 0 saturated carbocycles. The summed E-state index contributed by atoms with van der Waals surface area (Å²) in [6, 6.07) is 43.6. The van der Waals surface area contributed by atoms with Gasteiger partial charge in [-0.15, -0.1) is 0 Å². The van der Waals surface area contributed by atoms with Crippen LogP contribution in [0.2, 0.25) is 0 Å². The predicted octanol–water partition coefficient (Wildman–Crippen LogP) is 15.0. The maximum absolute atomic E-state index is 2.72. The van der Waals surface area contributed by atoms with Gasteiger partial charge in [-0.05, 0) is 174 Å². The zero-order chi connectivity index (χ0) is 45.7. The van der Waals surface area contributed by atoms with Crippen LogP contribution in [0.15, 0.2) is 109 Å². The van der Waals surface area contributed by atoms with Crippen LogP contribution in [0, 0.1) is 6.92 Å². The molecule has 4 aliphatic rings. The van der Waals surface area contributed by atoms with E-state index in [0.717, 1.165) is 0 Å². The lowest BCUT2D eigenvalue weighted by molar-refractivity contribution is 0.332. The summed E-state index contributed by atoms with van der Waals surface area (Å²) in [5.74, 6) is 0. The summed E-state index contributed by atoms with van der Waals surface area (Å²) in [5.41, 5.74) is 24.8. The molecule has 2 heterocycles. The Hall–Kier alpha value is -5.02. The molecule has 0 spiro atoms. The molecule has 2 nitrogen and oxygen atoms in total. The van der Waals surface area contributed by atoms with Crippen molar-refractivity contribution in [3.8, 4) is 11.1 Å². The molecule has 0 saturated heterocycles. The van der Waals surface area contributed by atoms with Crippen molar-refractivity contribution >= 4 is 57.2 Å². The quantitative estimate of drug-likeness (QED) is 0.164. The van der Waals surface area contributed by atoms with Gasteiger partial charge in [0, 0.05) is 34.1 Å². The fraction of sp³-hybridized carbons (Fsp3) is 0.410. The van der Waals surface area contributed by atoms with E-state index < -0.39 is 0 Å². The van der Waals surface area contributed by atoms with Gasteiger partial charge in [-0.2, -0.15) is 0 Å². The molecule has 10 rings (SSSR count). The highest BCUT2D eigenvalue weighted by molar-refractivity contribution is 7.00. The lowest BCUT2D eigenvalue weighted by Crippen LogP contribution is -2.62. The number of fused-ring (bicyclic) bond motifs is 6. The summed E-state index contributed by atoms with van der Waals surface area (Å²) in [6.45, 7) is 36.3. The Morgan fingerprint density at radius 1 is 0.422 bits per heavy atom. The molecule has 64 heavy (non-hydrogen) atoms.